The number of nitrogens with zero attached hydrogens (tertiary/aromatic N) is 2. The first-order valence-electron chi connectivity index (χ1n) is 4.60. The van der Waals surface area contributed by atoms with Crippen molar-refractivity contribution in [1.29, 1.82) is 0 Å². The summed E-state index contributed by atoms with van der Waals surface area (Å²) in [6.07, 6.45) is 2.86. The highest BCUT2D eigenvalue weighted by molar-refractivity contribution is 7.12. The first-order chi connectivity index (χ1) is 8.09. The SMILES string of the molecule is Cc1ncsc1C(=O)Nc1cncc(Cl)c1Cl. The van der Waals surface area contributed by atoms with Gasteiger partial charge in [0.15, 0.2) is 0 Å². The number of aromatic nitrogens is 2. The molecule has 88 valence electrons. The van der Waals surface area contributed by atoms with Gasteiger partial charge in [-0.25, -0.2) is 4.98 Å². The predicted octanol–water partition coefficient (Wildman–Crippen LogP) is 3.41. The van der Waals surface area contributed by atoms with E-state index in [-0.39, 0.29) is 10.9 Å². The van der Waals surface area contributed by atoms with E-state index in [2.05, 4.69) is 15.3 Å². The number of hydrogen-bond donors (Lipinski definition) is 1. The largest absolute Gasteiger partial charge is 0.319 e. The minimum absolute atomic E-state index is 0.268. The fourth-order valence-electron chi connectivity index (χ4n) is 1.21. The monoisotopic (exact) mass is 287 g/mol. The third-order valence-electron chi connectivity index (χ3n) is 2.04. The third kappa shape index (κ3) is 2.57. The van der Waals surface area contributed by atoms with Crippen LogP contribution in [0.5, 0.6) is 0 Å². The van der Waals surface area contributed by atoms with Crippen molar-refractivity contribution in [3.8, 4) is 0 Å². The molecule has 0 atom stereocenters. The Morgan fingerprint density at radius 2 is 2.18 bits per heavy atom. The fourth-order valence-corrected chi connectivity index (χ4v) is 2.21. The second-order valence-electron chi connectivity index (χ2n) is 3.20. The van der Waals surface area contributed by atoms with Gasteiger partial charge in [-0.05, 0) is 6.92 Å². The number of halogens is 2. The second-order valence-corrected chi connectivity index (χ2v) is 4.84. The Morgan fingerprint density at radius 1 is 1.41 bits per heavy atom. The summed E-state index contributed by atoms with van der Waals surface area (Å²) >= 11 is 13.0. The predicted molar refractivity (Wildman–Crippen MR) is 69.1 cm³/mol. The van der Waals surface area contributed by atoms with Crippen molar-refractivity contribution < 1.29 is 4.79 Å². The van der Waals surface area contributed by atoms with Gasteiger partial charge < -0.3 is 5.32 Å². The summed E-state index contributed by atoms with van der Waals surface area (Å²) in [6, 6.07) is 0. The lowest BCUT2D eigenvalue weighted by atomic mass is 10.3. The molecule has 2 aromatic rings. The van der Waals surface area contributed by atoms with Crippen LogP contribution in [0.15, 0.2) is 17.9 Å². The van der Waals surface area contributed by atoms with Gasteiger partial charge in [-0.2, -0.15) is 0 Å². The Labute approximate surface area is 112 Å². The summed E-state index contributed by atoms with van der Waals surface area (Å²) in [7, 11) is 0. The minimum atomic E-state index is -0.268. The van der Waals surface area contributed by atoms with Crippen molar-refractivity contribution in [2.75, 3.05) is 5.32 Å². The third-order valence-corrected chi connectivity index (χ3v) is 3.76. The molecule has 0 spiro atoms. The van der Waals surface area contributed by atoms with Crippen LogP contribution < -0.4 is 5.32 Å². The average Bonchev–Trinajstić information content (AvgIpc) is 2.71. The normalized spacial score (nSPS) is 10.3. The quantitative estimate of drug-likeness (QED) is 0.921. The Hall–Kier alpha value is -1.17. The maximum absolute atomic E-state index is 11.9. The van der Waals surface area contributed by atoms with E-state index >= 15 is 0 Å². The summed E-state index contributed by atoms with van der Waals surface area (Å²) in [5.74, 6) is -0.268. The van der Waals surface area contributed by atoms with E-state index in [1.165, 1.54) is 23.7 Å². The van der Waals surface area contributed by atoms with Gasteiger partial charge in [-0.1, -0.05) is 23.2 Å². The van der Waals surface area contributed by atoms with Crippen LogP contribution in [0, 0.1) is 6.92 Å². The van der Waals surface area contributed by atoms with Crippen molar-refractivity contribution >= 4 is 46.1 Å². The number of aryl methyl sites for hydroxylation is 1. The van der Waals surface area contributed by atoms with Crippen LogP contribution in [0.1, 0.15) is 15.4 Å². The number of hydrogen-bond acceptors (Lipinski definition) is 4. The van der Waals surface area contributed by atoms with Gasteiger partial charge in [0.05, 0.1) is 33.1 Å². The molecule has 1 amide bonds. The zero-order chi connectivity index (χ0) is 12.4. The molecule has 0 radical (unpaired) electrons. The van der Waals surface area contributed by atoms with E-state index in [0.29, 0.717) is 21.3 Å². The molecule has 0 aromatic carbocycles. The van der Waals surface area contributed by atoms with Crippen LogP contribution in [0.4, 0.5) is 5.69 Å². The molecule has 2 rings (SSSR count). The van der Waals surface area contributed by atoms with E-state index in [4.69, 9.17) is 23.2 Å². The minimum Gasteiger partial charge on any atom is -0.319 e. The van der Waals surface area contributed by atoms with E-state index in [9.17, 15) is 4.79 Å². The van der Waals surface area contributed by atoms with E-state index in [1.807, 2.05) is 0 Å². The number of carbonyl (C=O) groups excluding carboxylic acids is 1. The summed E-state index contributed by atoms with van der Waals surface area (Å²) in [5, 5.41) is 3.22. The van der Waals surface area contributed by atoms with Crippen molar-refractivity contribution in [2.24, 2.45) is 0 Å². The number of thiazole rings is 1. The van der Waals surface area contributed by atoms with E-state index < -0.39 is 0 Å². The first kappa shape index (κ1) is 12.3. The van der Waals surface area contributed by atoms with Crippen LogP contribution in [0.2, 0.25) is 10.0 Å². The highest BCUT2D eigenvalue weighted by Crippen LogP contribution is 2.29. The fraction of sp³-hybridized carbons (Fsp3) is 0.100. The number of anilines is 1. The number of carbonyl (C=O) groups is 1. The molecule has 2 aromatic heterocycles. The molecule has 1 N–H and O–H groups in total. The Balaban J connectivity index is 2.25. The average molecular weight is 288 g/mol. The number of rotatable bonds is 2. The van der Waals surface area contributed by atoms with Crippen LogP contribution in [-0.2, 0) is 0 Å². The van der Waals surface area contributed by atoms with Crippen molar-refractivity contribution in [3.63, 3.8) is 0 Å². The van der Waals surface area contributed by atoms with Crippen LogP contribution in [0.25, 0.3) is 0 Å². The number of amides is 1. The Morgan fingerprint density at radius 3 is 2.82 bits per heavy atom. The first-order valence-corrected chi connectivity index (χ1v) is 6.23. The molecule has 0 unspecified atom stereocenters. The lowest BCUT2D eigenvalue weighted by Gasteiger charge is -2.06. The number of pyridine rings is 1. The molecule has 7 heteroatoms. The zero-order valence-corrected chi connectivity index (χ0v) is 11.0. The molecule has 0 saturated heterocycles. The van der Waals surface area contributed by atoms with Crippen LogP contribution in [0.3, 0.4) is 0 Å². The van der Waals surface area contributed by atoms with Gasteiger partial charge in [0.25, 0.3) is 5.91 Å². The summed E-state index contributed by atoms with van der Waals surface area (Å²) in [4.78, 5) is 20.3. The van der Waals surface area contributed by atoms with E-state index in [0.717, 1.165) is 0 Å². The highest BCUT2D eigenvalue weighted by Gasteiger charge is 2.14. The molecule has 0 aliphatic carbocycles. The van der Waals surface area contributed by atoms with Gasteiger partial charge in [-0.3, -0.25) is 9.78 Å². The molecule has 0 aliphatic heterocycles. The van der Waals surface area contributed by atoms with Gasteiger partial charge in [0, 0.05) is 6.20 Å². The van der Waals surface area contributed by atoms with Gasteiger partial charge in [-0.15, -0.1) is 11.3 Å². The molecule has 0 saturated carbocycles. The lowest BCUT2D eigenvalue weighted by Crippen LogP contribution is -2.12. The van der Waals surface area contributed by atoms with Crippen LogP contribution >= 0.6 is 34.5 Å². The molecule has 2 heterocycles. The van der Waals surface area contributed by atoms with Crippen molar-refractivity contribution in [1.82, 2.24) is 9.97 Å². The van der Waals surface area contributed by atoms with Crippen LogP contribution in [-0.4, -0.2) is 15.9 Å². The lowest BCUT2D eigenvalue weighted by molar-refractivity contribution is 0.103. The smallest absolute Gasteiger partial charge is 0.267 e. The van der Waals surface area contributed by atoms with Gasteiger partial charge >= 0.3 is 0 Å². The Kier molecular flexibility index (Phi) is 3.61. The Bertz CT molecular complexity index is 570. The van der Waals surface area contributed by atoms with Gasteiger partial charge in [0.2, 0.25) is 0 Å². The molecular formula is C10H7Cl2N3OS. The topological polar surface area (TPSA) is 54.9 Å². The second kappa shape index (κ2) is 5.00. The van der Waals surface area contributed by atoms with Gasteiger partial charge in [0.1, 0.15) is 4.88 Å². The highest BCUT2D eigenvalue weighted by atomic mass is 35.5. The summed E-state index contributed by atoms with van der Waals surface area (Å²) in [5.41, 5.74) is 2.68. The van der Waals surface area contributed by atoms with Crippen molar-refractivity contribution in [2.45, 2.75) is 6.92 Å². The standard InChI is InChI=1S/C10H7Cl2N3OS/c1-5-9(17-4-14-5)10(16)15-7-3-13-2-6(11)8(7)12/h2-4H,1H3,(H,15,16). The molecular weight excluding hydrogens is 281 g/mol. The summed E-state index contributed by atoms with van der Waals surface area (Å²) in [6.45, 7) is 1.77. The molecule has 0 bridgehead atoms. The molecule has 17 heavy (non-hydrogen) atoms. The van der Waals surface area contributed by atoms with Crippen molar-refractivity contribution in [3.05, 3.63) is 38.5 Å². The maximum Gasteiger partial charge on any atom is 0.267 e. The molecule has 4 nitrogen and oxygen atoms in total. The number of nitrogens with one attached hydrogen (secondary N) is 1. The molecule has 0 fully saturated rings. The maximum atomic E-state index is 11.9. The zero-order valence-electron chi connectivity index (χ0n) is 8.70. The summed E-state index contributed by atoms with van der Waals surface area (Å²) < 4.78 is 0. The van der Waals surface area contributed by atoms with E-state index in [1.54, 1.807) is 12.4 Å². The molecule has 0 aliphatic rings.